The molecular weight excluding hydrogens is 464 g/mol. The quantitative estimate of drug-likeness (QED) is 0.390. The minimum atomic E-state index is -3.56. The summed E-state index contributed by atoms with van der Waals surface area (Å²) in [4.78, 5) is 5.50. The smallest absolute Gasteiger partial charge is 0.243 e. The fourth-order valence-electron chi connectivity index (χ4n) is 3.30. The highest BCUT2D eigenvalue weighted by Gasteiger charge is 2.26. The summed E-state index contributed by atoms with van der Waals surface area (Å²) in [6, 6.07) is 13.7. The van der Waals surface area contributed by atoms with E-state index in [2.05, 4.69) is 10.1 Å². The van der Waals surface area contributed by atoms with Gasteiger partial charge in [0.05, 0.1) is 42.5 Å². The fraction of sp³-hybridized carbons (Fsp3) is 0.182. The normalized spacial score (nSPS) is 16.1. The third-order valence-corrected chi connectivity index (χ3v) is 7.70. The molecule has 4 heterocycles. The monoisotopic (exact) mass is 484 g/mol. The number of sulfonamides is 1. The van der Waals surface area contributed by atoms with Crippen LogP contribution < -0.4 is 4.80 Å². The highest BCUT2D eigenvalue weighted by atomic mass is 32.2. The second-order valence-corrected chi connectivity index (χ2v) is 9.85. The Labute approximate surface area is 193 Å². The Morgan fingerprint density at radius 3 is 2.42 bits per heavy atom. The van der Waals surface area contributed by atoms with E-state index in [-0.39, 0.29) is 4.90 Å². The average Bonchev–Trinajstić information content (AvgIpc) is 3.61. The SMILES string of the molecule is O=S(=O)(c1ccc(N=c2scc(-c3ccco3)n2N=Cc2ccco2)cc1)N1CCOCC1. The predicted octanol–water partition coefficient (Wildman–Crippen LogP) is 3.54. The van der Waals surface area contributed by atoms with Crippen molar-refractivity contribution in [2.24, 2.45) is 10.1 Å². The van der Waals surface area contributed by atoms with Crippen molar-refractivity contribution in [2.75, 3.05) is 26.3 Å². The first-order chi connectivity index (χ1) is 16.1. The summed E-state index contributed by atoms with van der Waals surface area (Å²) in [6.07, 6.45) is 4.76. The number of hydrogen-bond donors (Lipinski definition) is 0. The topological polar surface area (TPSA) is 103 Å². The van der Waals surface area contributed by atoms with Gasteiger partial charge in [0.25, 0.3) is 0 Å². The fourth-order valence-corrected chi connectivity index (χ4v) is 5.55. The lowest BCUT2D eigenvalue weighted by Crippen LogP contribution is -2.40. The van der Waals surface area contributed by atoms with Gasteiger partial charge in [0.15, 0.2) is 5.76 Å². The molecule has 170 valence electrons. The van der Waals surface area contributed by atoms with Crippen molar-refractivity contribution in [3.8, 4) is 11.5 Å². The summed E-state index contributed by atoms with van der Waals surface area (Å²) in [5.41, 5.74) is 1.34. The van der Waals surface area contributed by atoms with Crippen LogP contribution in [0.4, 0.5) is 5.69 Å². The van der Waals surface area contributed by atoms with E-state index in [1.165, 1.54) is 15.6 Å². The van der Waals surface area contributed by atoms with Crippen LogP contribution in [0.5, 0.6) is 0 Å². The van der Waals surface area contributed by atoms with Crippen LogP contribution >= 0.6 is 11.3 Å². The minimum Gasteiger partial charge on any atom is -0.463 e. The van der Waals surface area contributed by atoms with E-state index in [4.69, 9.17) is 13.6 Å². The van der Waals surface area contributed by atoms with E-state index in [0.717, 1.165) is 5.69 Å². The van der Waals surface area contributed by atoms with E-state index >= 15 is 0 Å². The Kier molecular flexibility index (Phi) is 6.09. The molecular formula is C22H20N4O5S2. The number of hydrogen-bond acceptors (Lipinski definition) is 8. The summed E-state index contributed by atoms with van der Waals surface area (Å²) < 4.78 is 44.9. The van der Waals surface area contributed by atoms with E-state index in [1.54, 1.807) is 65.9 Å². The maximum Gasteiger partial charge on any atom is 0.243 e. The molecule has 1 saturated heterocycles. The molecule has 1 aliphatic heterocycles. The standard InChI is InChI=1S/C22H20N4O5S2/c27-33(28,25-9-13-29-14-10-25)19-7-5-17(6-8-19)24-22-26(23-15-18-3-1-11-30-18)20(16-32-22)21-4-2-12-31-21/h1-8,11-12,15-16H,9-10,13-14H2. The van der Waals surface area contributed by atoms with Crippen LogP contribution in [0.1, 0.15) is 5.76 Å². The first kappa shape index (κ1) is 21.6. The number of morpholine rings is 1. The molecule has 0 saturated carbocycles. The highest BCUT2D eigenvalue weighted by molar-refractivity contribution is 7.89. The Hall–Kier alpha value is -3.25. The summed E-state index contributed by atoms with van der Waals surface area (Å²) in [5.74, 6) is 1.25. The summed E-state index contributed by atoms with van der Waals surface area (Å²) in [7, 11) is -3.56. The van der Waals surface area contributed by atoms with E-state index in [1.807, 2.05) is 11.4 Å². The molecule has 0 atom stereocenters. The lowest BCUT2D eigenvalue weighted by molar-refractivity contribution is 0.0730. The Balaban J connectivity index is 1.49. The molecule has 0 unspecified atom stereocenters. The molecule has 1 aliphatic rings. The van der Waals surface area contributed by atoms with Crippen molar-refractivity contribution in [1.82, 2.24) is 8.98 Å². The first-order valence-corrected chi connectivity index (χ1v) is 12.5. The summed E-state index contributed by atoms with van der Waals surface area (Å²) >= 11 is 1.39. The third kappa shape index (κ3) is 4.62. The number of aromatic nitrogens is 1. The molecule has 33 heavy (non-hydrogen) atoms. The summed E-state index contributed by atoms with van der Waals surface area (Å²) in [5, 5.41) is 6.42. The average molecular weight is 485 g/mol. The van der Waals surface area contributed by atoms with Crippen molar-refractivity contribution in [1.29, 1.82) is 0 Å². The molecule has 1 aromatic carbocycles. The second-order valence-electron chi connectivity index (χ2n) is 7.07. The number of rotatable bonds is 6. The second kappa shape index (κ2) is 9.32. The highest BCUT2D eigenvalue weighted by Crippen LogP contribution is 2.23. The van der Waals surface area contributed by atoms with E-state index < -0.39 is 10.0 Å². The van der Waals surface area contributed by atoms with Crippen LogP contribution in [0.25, 0.3) is 11.5 Å². The lowest BCUT2D eigenvalue weighted by atomic mass is 10.3. The molecule has 0 N–H and O–H groups in total. The first-order valence-electron chi connectivity index (χ1n) is 10.2. The number of ether oxygens (including phenoxy) is 1. The molecule has 9 nitrogen and oxygen atoms in total. The van der Waals surface area contributed by atoms with Crippen LogP contribution in [0.2, 0.25) is 0 Å². The summed E-state index contributed by atoms with van der Waals surface area (Å²) in [6.45, 7) is 1.52. The van der Waals surface area contributed by atoms with E-state index in [9.17, 15) is 8.42 Å². The van der Waals surface area contributed by atoms with Gasteiger partial charge in [-0.1, -0.05) is 0 Å². The molecule has 5 rings (SSSR count). The Morgan fingerprint density at radius 2 is 1.73 bits per heavy atom. The Morgan fingerprint density at radius 1 is 0.970 bits per heavy atom. The van der Waals surface area contributed by atoms with Gasteiger partial charge in [0.1, 0.15) is 11.5 Å². The number of furan rings is 2. The molecule has 0 aliphatic carbocycles. The van der Waals surface area contributed by atoms with Crippen LogP contribution in [0.3, 0.4) is 0 Å². The molecule has 0 bridgehead atoms. The molecule has 0 radical (unpaired) electrons. The minimum absolute atomic E-state index is 0.231. The largest absolute Gasteiger partial charge is 0.463 e. The zero-order valence-corrected chi connectivity index (χ0v) is 19.0. The van der Waals surface area contributed by atoms with Gasteiger partial charge in [-0.25, -0.2) is 18.1 Å². The van der Waals surface area contributed by atoms with Gasteiger partial charge in [0, 0.05) is 18.5 Å². The van der Waals surface area contributed by atoms with Crippen LogP contribution in [0, 0.1) is 0 Å². The van der Waals surface area contributed by atoms with Crippen LogP contribution in [0.15, 0.2) is 90.3 Å². The molecule has 0 spiro atoms. The zero-order chi connectivity index (χ0) is 22.7. The van der Waals surface area contributed by atoms with Gasteiger partial charge >= 0.3 is 0 Å². The van der Waals surface area contributed by atoms with Crippen molar-refractivity contribution in [3.63, 3.8) is 0 Å². The van der Waals surface area contributed by atoms with Gasteiger partial charge in [-0.3, -0.25) is 0 Å². The number of benzene rings is 1. The molecule has 4 aromatic rings. The lowest BCUT2D eigenvalue weighted by Gasteiger charge is -2.26. The van der Waals surface area contributed by atoms with Crippen molar-refractivity contribution >= 4 is 33.3 Å². The molecule has 3 aromatic heterocycles. The molecule has 1 fully saturated rings. The number of nitrogens with zero attached hydrogens (tertiary/aromatic N) is 4. The van der Waals surface area contributed by atoms with Crippen molar-refractivity contribution < 1.29 is 22.0 Å². The maximum atomic E-state index is 12.8. The van der Waals surface area contributed by atoms with Crippen LogP contribution in [-0.2, 0) is 14.8 Å². The van der Waals surface area contributed by atoms with Gasteiger partial charge in [-0.05, 0) is 48.5 Å². The van der Waals surface area contributed by atoms with E-state index in [0.29, 0.717) is 48.3 Å². The zero-order valence-electron chi connectivity index (χ0n) is 17.4. The Bertz CT molecular complexity index is 1390. The predicted molar refractivity (Wildman–Crippen MR) is 123 cm³/mol. The van der Waals surface area contributed by atoms with Crippen molar-refractivity contribution in [2.45, 2.75) is 4.90 Å². The van der Waals surface area contributed by atoms with Crippen molar-refractivity contribution in [3.05, 3.63) is 77.0 Å². The van der Waals surface area contributed by atoms with Crippen LogP contribution in [-0.4, -0.2) is 49.9 Å². The molecule has 11 heteroatoms. The number of thiazole rings is 1. The molecule has 0 amide bonds. The maximum absolute atomic E-state index is 12.8. The van der Waals surface area contributed by atoms with Gasteiger partial charge < -0.3 is 13.6 Å². The van der Waals surface area contributed by atoms with Gasteiger partial charge in [-0.2, -0.15) is 9.41 Å². The third-order valence-electron chi connectivity index (χ3n) is 4.97. The van der Waals surface area contributed by atoms with Gasteiger partial charge in [0.2, 0.25) is 14.8 Å². The van der Waals surface area contributed by atoms with Gasteiger partial charge in [-0.15, -0.1) is 11.3 Å².